The molecule has 82 heavy (non-hydrogen) atoms. The van der Waals surface area contributed by atoms with Crippen LogP contribution in [0.1, 0.15) is 425 Å². The predicted octanol–water partition coefficient (Wildman–Crippen LogP) is 25.7. The van der Waals surface area contributed by atoms with Crippen molar-refractivity contribution in [2.45, 2.75) is 431 Å². The molecule has 0 aliphatic rings. The molecule has 0 fully saturated rings. The normalized spacial score (nSPS) is 12.1. The topological polar surface area (TPSA) is 78.9 Å². The summed E-state index contributed by atoms with van der Waals surface area (Å²) in [5, 5.41) is 0. The Balaban J connectivity index is 4.12. The second-order valence-corrected chi connectivity index (χ2v) is 25.6. The average molecular weight is 1150 g/mol. The molecule has 0 bridgehead atoms. The van der Waals surface area contributed by atoms with Crippen LogP contribution in [-0.4, -0.2) is 37.2 Å². The SMILES string of the molecule is CCCC/C=C\CCCCCCCC(=O)OCC(COC(=O)CCCCCCCCCCCCCCCCCCCCCCCCCCCCCC)OC(=O)CCCCCCCCCCCCCCC/C=C\CCCCCCCCCC. The summed E-state index contributed by atoms with van der Waals surface area (Å²) in [5.74, 6) is -0.847. The summed E-state index contributed by atoms with van der Waals surface area (Å²) in [5.41, 5.74) is 0. The summed E-state index contributed by atoms with van der Waals surface area (Å²) in [4.78, 5) is 38.4. The lowest BCUT2D eigenvalue weighted by atomic mass is 10.0. The van der Waals surface area contributed by atoms with Crippen molar-refractivity contribution in [3.05, 3.63) is 24.3 Å². The third kappa shape index (κ3) is 68.7. The van der Waals surface area contributed by atoms with E-state index in [0.717, 1.165) is 64.2 Å². The number of ether oxygens (including phenoxy) is 3. The molecule has 0 N–H and O–H groups in total. The van der Waals surface area contributed by atoms with Crippen molar-refractivity contribution in [1.82, 2.24) is 0 Å². The Bertz CT molecular complexity index is 1320. The van der Waals surface area contributed by atoms with Gasteiger partial charge in [0.25, 0.3) is 0 Å². The molecule has 0 saturated carbocycles. The Morgan fingerprint density at radius 1 is 0.232 bits per heavy atom. The third-order valence-corrected chi connectivity index (χ3v) is 17.2. The van der Waals surface area contributed by atoms with Crippen LogP contribution < -0.4 is 0 Å². The highest BCUT2D eigenvalue weighted by Crippen LogP contribution is 2.19. The van der Waals surface area contributed by atoms with Crippen molar-refractivity contribution in [1.29, 1.82) is 0 Å². The highest BCUT2D eigenvalue weighted by molar-refractivity contribution is 5.71. The van der Waals surface area contributed by atoms with E-state index in [9.17, 15) is 14.4 Å². The van der Waals surface area contributed by atoms with E-state index in [-0.39, 0.29) is 31.1 Å². The lowest BCUT2D eigenvalue weighted by molar-refractivity contribution is -0.167. The quantitative estimate of drug-likeness (QED) is 0.0261. The van der Waals surface area contributed by atoms with E-state index in [1.54, 1.807) is 0 Å². The third-order valence-electron chi connectivity index (χ3n) is 17.2. The highest BCUT2D eigenvalue weighted by atomic mass is 16.6. The van der Waals surface area contributed by atoms with E-state index < -0.39 is 6.10 Å². The van der Waals surface area contributed by atoms with E-state index in [4.69, 9.17) is 14.2 Å². The van der Waals surface area contributed by atoms with Gasteiger partial charge in [-0.05, 0) is 64.2 Å². The van der Waals surface area contributed by atoms with Gasteiger partial charge in [0.05, 0.1) is 0 Å². The first-order valence-corrected chi connectivity index (χ1v) is 37.3. The van der Waals surface area contributed by atoms with E-state index in [1.807, 2.05) is 0 Å². The first-order valence-electron chi connectivity index (χ1n) is 37.3. The number of hydrogen-bond donors (Lipinski definition) is 0. The Morgan fingerprint density at radius 2 is 0.415 bits per heavy atom. The molecule has 1 unspecified atom stereocenters. The van der Waals surface area contributed by atoms with Gasteiger partial charge in [-0.3, -0.25) is 14.4 Å². The summed E-state index contributed by atoms with van der Waals surface area (Å²) in [6.07, 6.45) is 88.1. The summed E-state index contributed by atoms with van der Waals surface area (Å²) in [7, 11) is 0. The smallest absolute Gasteiger partial charge is 0.306 e. The molecule has 0 radical (unpaired) electrons. The molecular formula is C76H144O6. The molecule has 0 aromatic rings. The average Bonchev–Trinajstić information content (AvgIpc) is 3.48. The summed E-state index contributed by atoms with van der Waals surface area (Å²) >= 11 is 0. The second kappa shape index (κ2) is 71.4. The first-order chi connectivity index (χ1) is 40.5. The summed E-state index contributed by atoms with van der Waals surface area (Å²) in [6.45, 7) is 6.68. The summed E-state index contributed by atoms with van der Waals surface area (Å²) < 4.78 is 17.0. The van der Waals surface area contributed by atoms with E-state index >= 15 is 0 Å². The van der Waals surface area contributed by atoms with Crippen LogP contribution in [0.15, 0.2) is 24.3 Å². The van der Waals surface area contributed by atoms with Crippen molar-refractivity contribution in [2.75, 3.05) is 13.2 Å². The number of allylic oxidation sites excluding steroid dienone is 4. The highest BCUT2D eigenvalue weighted by Gasteiger charge is 2.20. The fourth-order valence-electron chi connectivity index (χ4n) is 11.5. The van der Waals surface area contributed by atoms with Gasteiger partial charge in [-0.25, -0.2) is 0 Å². The molecular weight excluding hydrogens is 1010 g/mol. The molecule has 0 aliphatic carbocycles. The molecule has 0 aromatic heterocycles. The molecule has 0 rings (SSSR count). The van der Waals surface area contributed by atoms with Crippen molar-refractivity contribution in [3.63, 3.8) is 0 Å². The molecule has 0 aliphatic heterocycles. The molecule has 0 saturated heterocycles. The van der Waals surface area contributed by atoms with Gasteiger partial charge in [-0.1, -0.05) is 366 Å². The number of unbranched alkanes of at least 4 members (excludes halogenated alkanes) is 55. The van der Waals surface area contributed by atoms with Gasteiger partial charge in [-0.15, -0.1) is 0 Å². The van der Waals surface area contributed by atoms with Gasteiger partial charge in [0.15, 0.2) is 6.10 Å². The minimum atomic E-state index is -0.772. The van der Waals surface area contributed by atoms with Gasteiger partial charge in [0, 0.05) is 19.3 Å². The number of rotatable bonds is 70. The van der Waals surface area contributed by atoms with Gasteiger partial charge in [0.1, 0.15) is 13.2 Å². The molecule has 484 valence electrons. The fourth-order valence-corrected chi connectivity index (χ4v) is 11.5. The standard InChI is InChI=1S/C76H144O6/c1-4-7-10-13-16-19-22-24-26-28-30-32-34-36-37-38-40-41-43-45-47-49-51-54-57-60-63-66-69-75(78)81-72-73(71-80-74(77)68-65-62-59-56-53-21-18-15-12-9-6-3)82-76(79)70-67-64-61-58-55-52-50-48-46-44-42-39-35-33-31-29-27-25-23-20-17-14-11-8-5-2/h15,18,29,31,73H,4-14,16-17,19-28,30,32-72H2,1-3H3/b18-15-,31-29-. The molecule has 0 amide bonds. The van der Waals surface area contributed by atoms with Gasteiger partial charge in [0.2, 0.25) is 0 Å². The van der Waals surface area contributed by atoms with Gasteiger partial charge < -0.3 is 14.2 Å². The predicted molar refractivity (Wildman–Crippen MR) is 358 cm³/mol. The van der Waals surface area contributed by atoms with Crippen LogP contribution >= 0.6 is 0 Å². The van der Waals surface area contributed by atoms with Crippen molar-refractivity contribution in [2.24, 2.45) is 0 Å². The maximum atomic E-state index is 13.0. The number of carbonyl (C=O) groups is 3. The molecule has 1 atom stereocenters. The minimum absolute atomic E-state index is 0.0681. The first kappa shape index (κ1) is 79.9. The Labute approximate surface area is 513 Å². The Hall–Kier alpha value is -2.11. The Kier molecular flexibility index (Phi) is 69.5. The maximum absolute atomic E-state index is 13.0. The molecule has 0 heterocycles. The zero-order chi connectivity index (χ0) is 59.2. The van der Waals surface area contributed by atoms with E-state index in [2.05, 4.69) is 45.1 Å². The maximum Gasteiger partial charge on any atom is 0.306 e. The zero-order valence-electron chi connectivity index (χ0n) is 55.8. The van der Waals surface area contributed by atoms with Crippen molar-refractivity contribution < 1.29 is 28.6 Å². The van der Waals surface area contributed by atoms with Crippen LogP contribution in [0.5, 0.6) is 0 Å². The number of esters is 3. The summed E-state index contributed by atoms with van der Waals surface area (Å²) in [6, 6.07) is 0. The van der Waals surface area contributed by atoms with Crippen LogP contribution in [0, 0.1) is 0 Å². The fraction of sp³-hybridized carbons (Fsp3) is 0.908. The molecule has 6 nitrogen and oxygen atoms in total. The lowest BCUT2D eigenvalue weighted by Crippen LogP contribution is -2.30. The number of carbonyl (C=O) groups excluding carboxylic acids is 3. The van der Waals surface area contributed by atoms with Crippen LogP contribution in [0.4, 0.5) is 0 Å². The zero-order valence-corrected chi connectivity index (χ0v) is 55.8. The lowest BCUT2D eigenvalue weighted by Gasteiger charge is -2.18. The van der Waals surface area contributed by atoms with Crippen LogP contribution in [0.25, 0.3) is 0 Å². The molecule has 6 heteroatoms. The van der Waals surface area contributed by atoms with E-state index in [0.29, 0.717) is 19.3 Å². The Morgan fingerprint density at radius 3 is 0.646 bits per heavy atom. The minimum Gasteiger partial charge on any atom is -0.462 e. The van der Waals surface area contributed by atoms with Crippen LogP contribution in [-0.2, 0) is 28.6 Å². The second-order valence-electron chi connectivity index (χ2n) is 25.6. The van der Waals surface area contributed by atoms with Crippen LogP contribution in [0.3, 0.4) is 0 Å². The van der Waals surface area contributed by atoms with Crippen LogP contribution in [0.2, 0.25) is 0 Å². The van der Waals surface area contributed by atoms with Gasteiger partial charge >= 0.3 is 17.9 Å². The number of hydrogen-bond acceptors (Lipinski definition) is 6. The van der Waals surface area contributed by atoms with E-state index in [1.165, 1.54) is 321 Å². The van der Waals surface area contributed by atoms with Crippen molar-refractivity contribution in [3.8, 4) is 0 Å². The molecule has 0 aromatic carbocycles. The monoisotopic (exact) mass is 1150 g/mol. The van der Waals surface area contributed by atoms with Crippen molar-refractivity contribution >= 4 is 17.9 Å². The largest absolute Gasteiger partial charge is 0.462 e. The molecule has 0 spiro atoms. The van der Waals surface area contributed by atoms with Gasteiger partial charge in [-0.2, -0.15) is 0 Å².